The van der Waals surface area contributed by atoms with E-state index in [4.69, 9.17) is 10.2 Å². The molecule has 14 heavy (non-hydrogen) atoms. The summed E-state index contributed by atoms with van der Waals surface area (Å²) in [4.78, 5) is 10.9. The molecule has 1 aliphatic rings. The minimum absolute atomic E-state index is 0.529. The topological polar surface area (TPSA) is 72.8 Å². The highest BCUT2D eigenvalue weighted by atomic mass is 16.3. The SMILES string of the molecule is CC.CN(C)C=O.OC1CNCC1O. The number of hydrogen-bond acceptors (Lipinski definition) is 4. The standard InChI is InChI=1S/C4H9NO2.C3H7NO.C2H6/c6-3-1-5-2-4(3)7;1-4(2)3-5;1-2/h3-7H,1-2H2;3H,1-2H3;1-2H3. The molecule has 0 radical (unpaired) electrons. The largest absolute Gasteiger partial charge is 0.389 e. The number of carbonyl (C=O) groups is 1. The van der Waals surface area contributed by atoms with Crippen molar-refractivity contribution in [3.63, 3.8) is 0 Å². The highest BCUT2D eigenvalue weighted by molar-refractivity contribution is 5.45. The monoisotopic (exact) mass is 206 g/mol. The third-order valence-corrected chi connectivity index (χ3v) is 1.36. The number of carbonyl (C=O) groups excluding carboxylic acids is 1. The number of aliphatic hydroxyl groups excluding tert-OH is 2. The van der Waals surface area contributed by atoms with Gasteiger partial charge in [0.2, 0.25) is 6.41 Å². The van der Waals surface area contributed by atoms with E-state index < -0.39 is 12.2 Å². The van der Waals surface area contributed by atoms with E-state index in [0.717, 1.165) is 6.41 Å². The van der Waals surface area contributed by atoms with Gasteiger partial charge in [0, 0.05) is 27.2 Å². The summed E-state index contributed by atoms with van der Waals surface area (Å²) in [7, 11) is 3.38. The van der Waals surface area contributed by atoms with Crippen LogP contribution in [0, 0.1) is 0 Å². The first-order valence-corrected chi connectivity index (χ1v) is 4.76. The summed E-state index contributed by atoms with van der Waals surface area (Å²) < 4.78 is 0. The van der Waals surface area contributed by atoms with E-state index in [0.29, 0.717) is 13.1 Å². The molecule has 5 heteroatoms. The van der Waals surface area contributed by atoms with E-state index in [1.165, 1.54) is 4.90 Å². The Morgan fingerprint density at radius 3 is 1.57 bits per heavy atom. The molecular weight excluding hydrogens is 184 g/mol. The molecule has 0 aromatic carbocycles. The summed E-state index contributed by atoms with van der Waals surface area (Å²) in [6.07, 6.45) is -0.333. The second-order valence-corrected chi connectivity index (χ2v) is 2.86. The fourth-order valence-electron chi connectivity index (χ4n) is 0.651. The minimum Gasteiger partial charge on any atom is -0.389 e. The molecule has 0 spiro atoms. The molecule has 5 nitrogen and oxygen atoms in total. The zero-order valence-electron chi connectivity index (χ0n) is 9.40. The fraction of sp³-hybridized carbons (Fsp3) is 0.889. The van der Waals surface area contributed by atoms with Gasteiger partial charge in [-0.1, -0.05) is 13.8 Å². The van der Waals surface area contributed by atoms with Crippen LogP contribution in [0.5, 0.6) is 0 Å². The van der Waals surface area contributed by atoms with Crippen LogP contribution in [-0.2, 0) is 4.79 Å². The van der Waals surface area contributed by atoms with Gasteiger partial charge >= 0.3 is 0 Å². The lowest BCUT2D eigenvalue weighted by molar-refractivity contribution is -0.115. The maximum absolute atomic E-state index is 9.43. The molecule has 1 amide bonds. The van der Waals surface area contributed by atoms with Crippen molar-refractivity contribution in [1.82, 2.24) is 10.2 Å². The van der Waals surface area contributed by atoms with Crippen molar-refractivity contribution in [1.29, 1.82) is 0 Å². The molecule has 1 saturated heterocycles. The van der Waals surface area contributed by atoms with E-state index in [1.807, 2.05) is 13.8 Å². The molecule has 1 heterocycles. The Labute approximate surface area is 85.7 Å². The number of rotatable bonds is 1. The molecule has 2 unspecified atom stereocenters. The smallest absolute Gasteiger partial charge is 0.209 e. The molecule has 0 aromatic heterocycles. The first kappa shape index (κ1) is 15.8. The third kappa shape index (κ3) is 9.44. The first-order chi connectivity index (χ1) is 6.57. The molecule has 86 valence electrons. The van der Waals surface area contributed by atoms with Crippen molar-refractivity contribution in [3.05, 3.63) is 0 Å². The molecule has 1 aliphatic heterocycles. The Morgan fingerprint density at radius 2 is 1.50 bits per heavy atom. The number of hydrogen-bond donors (Lipinski definition) is 3. The van der Waals surface area contributed by atoms with E-state index in [1.54, 1.807) is 14.1 Å². The van der Waals surface area contributed by atoms with E-state index >= 15 is 0 Å². The quantitative estimate of drug-likeness (QED) is 0.483. The Bertz CT molecular complexity index is 123. The van der Waals surface area contributed by atoms with Crippen LogP contribution in [0.3, 0.4) is 0 Å². The highest BCUT2D eigenvalue weighted by Crippen LogP contribution is 1.96. The summed E-state index contributed by atoms with van der Waals surface area (Å²) >= 11 is 0. The van der Waals surface area contributed by atoms with Crippen molar-refractivity contribution >= 4 is 6.41 Å². The van der Waals surface area contributed by atoms with Gasteiger partial charge in [-0.3, -0.25) is 4.79 Å². The Kier molecular flexibility index (Phi) is 11.8. The molecule has 3 N–H and O–H groups in total. The maximum atomic E-state index is 9.43. The van der Waals surface area contributed by atoms with Crippen LogP contribution < -0.4 is 5.32 Å². The van der Waals surface area contributed by atoms with Gasteiger partial charge < -0.3 is 20.4 Å². The number of β-amino-alcohol motifs (C(OH)–C–C–N with tert-alkyl or cyclic N) is 2. The lowest BCUT2D eigenvalue weighted by Crippen LogP contribution is -2.22. The number of nitrogens with zero attached hydrogens (tertiary/aromatic N) is 1. The van der Waals surface area contributed by atoms with Crippen LogP contribution in [0.15, 0.2) is 0 Å². The minimum atomic E-state index is -0.542. The fourth-order valence-corrected chi connectivity index (χ4v) is 0.651. The lowest BCUT2D eigenvalue weighted by Gasteiger charge is -2.01. The molecule has 0 bridgehead atoms. The van der Waals surface area contributed by atoms with Gasteiger partial charge in [0.25, 0.3) is 0 Å². The van der Waals surface area contributed by atoms with Crippen molar-refractivity contribution in [3.8, 4) is 0 Å². The van der Waals surface area contributed by atoms with E-state index in [2.05, 4.69) is 5.32 Å². The average Bonchev–Trinajstić information content (AvgIpc) is 2.55. The van der Waals surface area contributed by atoms with Crippen LogP contribution in [0.25, 0.3) is 0 Å². The van der Waals surface area contributed by atoms with Crippen LogP contribution in [0.2, 0.25) is 0 Å². The molecule has 2 atom stereocenters. The third-order valence-electron chi connectivity index (χ3n) is 1.36. The van der Waals surface area contributed by atoms with Crippen molar-refractivity contribution in [2.45, 2.75) is 26.1 Å². The van der Waals surface area contributed by atoms with E-state index in [9.17, 15) is 4.79 Å². The van der Waals surface area contributed by atoms with Gasteiger partial charge in [-0.15, -0.1) is 0 Å². The lowest BCUT2D eigenvalue weighted by atomic mass is 10.3. The van der Waals surface area contributed by atoms with Gasteiger partial charge in [-0.25, -0.2) is 0 Å². The predicted molar refractivity (Wildman–Crippen MR) is 56.0 cm³/mol. The zero-order chi connectivity index (χ0) is 11.6. The second kappa shape index (κ2) is 10.4. The summed E-state index contributed by atoms with van der Waals surface area (Å²) in [6.45, 7) is 5.06. The van der Waals surface area contributed by atoms with Crippen molar-refractivity contribution < 1.29 is 15.0 Å². The van der Waals surface area contributed by atoms with Crippen LogP contribution in [0.4, 0.5) is 0 Å². The summed E-state index contributed by atoms with van der Waals surface area (Å²) in [6, 6.07) is 0. The molecule has 0 saturated carbocycles. The number of aliphatic hydroxyl groups is 2. The van der Waals surface area contributed by atoms with Crippen molar-refractivity contribution in [2.24, 2.45) is 0 Å². The molecule has 1 fully saturated rings. The molecule has 0 aromatic rings. The van der Waals surface area contributed by atoms with Gasteiger partial charge in [-0.2, -0.15) is 0 Å². The van der Waals surface area contributed by atoms with Crippen molar-refractivity contribution in [2.75, 3.05) is 27.2 Å². The van der Waals surface area contributed by atoms with Crippen LogP contribution in [0.1, 0.15) is 13.8 Å². The summed E-state index contributed by atoms with van der Waals surface area (Å²) in [5, 5.41) is 20.2. The first-order valence-electron chi connectivity index (χ1n) is 4.76. The second-order valence-electron chi connectivity index (χ2n) is 2.86. The Balaban J connectivity index is 0. The summed E-state index contributed by atoms with van der Waals surface area (Å²) in [5.41, 5.74) is 0. The van der Waals surface area contributed by atoms with Gasteiger partial charge in [-0.05, 0) is 0 Å². The average molecular weight is 206 g/mol. The predicted octanol–water partition coefficient (Wildman–Crippen LogP) is -0.958. The van der Waals surface area contributed by atoms with Gasteiger partial charge in [0.05, 0.1) is 12.2 Å². The molecule has 0 aliphatic carbocycles. The highest BCUT2D eigenvalue weighted by Gasteiger charge is 2.21. The molecular formula is C9H22N2O3. The Hall–Kier alpha value is -0.650. The number of amides is 1. The van der Waals surface area contributed by atoms with Crippen LogP contribution in [-0.4, -0.2) is 60.9 Å². The van der Waals surface area contributed by atoms with Gasteiger partial charge in [0.1, 0.15) is 0 Å². The maximum Gasteiger partial charge on any atom is 0.209 e. The Morgan fingerprint density at radius 1 is 1.21 bits per heavy atom. The van der Waals surface area contributed by atoms with Crippen LogP contribution >= 0.6 is 0 Å². The van der Waals surface area contributed by atoms with Gasteiger partial charge in [0.15, 0.2) is 0 Å². The number of nitrogens with one attached hydrogen (secondary N) is 1. The zero-order valence-corrected chi connectivity index (χ0v) is 9.40. The summed E-state index contributed by atoms with van der Waals surface area (Å²) in [5.74, 6) is 0. The normalized spacial score (nSPS) is 23.9. The molecule has 1 rings (SSSR count). The van der Waals surface area contributed by atoms with E-state index in [-0.39, 0.29) is 0 Å².